The molecule has 0 N–H and O–H groups in total. The molecule has 0 radical (unpaired) electrons. The third-order valence-electron chi connectivity index (χ3n) is 3.43. The number of morpholine rings is 1. The second-order valence-corrected chi connectivity index (χ2v) is 5.03. The molecule has 1 aliphatic heterocycles. The molecule has 18 heavy (non-hydrogen) atoms. The molecule has 3 heteroatoms. The molecule has 3 nitrogen and oxygen atoms in total. The number of amides is 1. The summed E-state index contributed by atoms with van der Waals surface area (Å²) in [4.78, 5) is 14.0. The lowest BCUT2D eigenvalue weighted by Gasteiger charge is -2.27. The van der Waals surface area contributed by atoms with Gasteiger partial charge < -0.3 is 9.64 Å². The topological polar surface area (TPSA) is 29.5 Å². The monoisotopic (exact) mass is 251 g/mol. The number of allylic oxidation sites excluding steroid dienone is 2. The van der Waals surface area contributed by atoms with E-state index in [0.29, 0.717) is 32.2 Å². The highest BCUT2D eigenvalue weighted by Crippen LogP contribution is 2.19. The maximum atomic E-state index is 12.1. The van der Waals surface area contributed by atoms with Crippen molar-refractivity contribution in [1.29, 1.82) is 0 Å². The average Bonchev–Trinajstić information content (AvgIpc) is 2.39. The fourth-order valence-electron chi connectivity index (χ4n) is 2.16. The Morgan fingerprint density at radius 2 is 1.94 bits per heavy atom. The summed E-state index contributed by atoms with van der Waals surface area (Å²) in [6, 6.07) is 0. The van der Waals surface area contributed by atoms with Crippen LogP contribution in [0.15, 0.2) is 23.8 Å². The van der Waals surface area contributed by atoms with Crippen molar-refractivity contribution < 1.29 is 9.53 Å². The van der Waals surface area contributed by atoms with E-state index < -0.39 is 0 Å². The zero-order valence-corrected chi connectivity index (χ0v) is 11.9. The zero-order chi connectivity index (χ0) is 13.5. The summed E-state index contributed by atoms with van der Waals surface area (Å²) in [5.74, 6) is 0.638. The Balaban J connectivity index is 2.42. The van der Waals surface area contributed by atoms with E-state index in [1.807, 2.05) is 4.90 Å². The molecule has 1 saturated heterocycles. The van der Waals surface area contributed by atoms with Gasteiger partial charge in [0.15, 0.2) is 0 Å². The van der Waals surface area contributed by atoms with Crippen molar-refractivity contribution in [2.45, 2.75) is 33.6 Å². The van der Waals surface area contributed by atoms with Crippen LogP contribution in [0.3, 0.4) is 0 Å². The van der Waals surface area contributed by atoms with Crippen molar-refractivity contribution in [3.8, 4) is 0 Å². The minimum Gasteiger partial charge on any atom is -0.378 e. The van der Waals surface area contributed by atoms with Gasteiger partial charge in [0, 0.05) is 18.7 Å². The maximum Gasteiger partial charge on any atom is 0.249 e. The third-order valence-corrected chi connectivity index (χ3v) is 3.43. The molecule has 1 fully saturated rings. The van der Waals surface area contributed by atoms with Crippen molar-refractivity contribution in [2.75, 3.05) is 26.3 Å². The first kappa shape index (κ1) is 15.0. The van der Waals surface area contributed by atoms with E-state index in [9.17, 15) is 4.79 Å². The van der Waals surface area contributed by atoms with Crippen molar-refractivity contribution in [3.05, 3.63) is 23.8 Å². The molecule has 0 unspecified atom stereocenters. The van der Waals surface area contributed by atoms with E-state index in [0.717, 1.165) is 18.4 Å². The highest BCUT2D eigenvalue weighted by atomic mass is 16.5. The van der Waals surface area contributed by atoms with Crippen LogP contribution >= 0.6 is 0 Å². The Morgan fingerprint density at radius 3 is 2.44 bits per heavy atom. The minimum absolute atomic E-state index is 0.0949. The van der Waals surface area contributed by atoms with E-state index in [-0.39, 0.29) is 5.91 Å². The number of hydrogen-bond acceptors (Lipinski definition) is 2. The molecular formula is C15H25NO2. The van der Waals surface area contributed by atoms with Gasteiger partial charge in [0.05, 0.1) is 13.2 Å². The SMILES string of the molecule is C=C(CC/C(=C\C)C(C)C)C(=O)N1CCOCC1. The van der Waals surface area contributed by atoms with Crippen LogP contribution in [-0.4, -0.2) is 37.1 Å². The fraction of sp³-hybridized carbons (Fsp3) is 0.667. The summed E-state index contributed by atoms with van der Waals surface area (Å²) >= 11 is 0. The summed E-state index contributed by atoms with van der Waals surface area (Å²) in [5.41, 5.74) is 2.11. The van der Waals surface area contributed by atoms with E-state index in [1.165, 1.54) is 5.57 Å². The smallest absolute Gasteiger partial charge is 0.249 e. The van der Waals surface area contributed by atoms with E-state index in [4.69, 9.17) is 4.74 Å². The molecule has 1 rings (SSSR count). The molecule has 0 aromatic heterocycles. The Hall–Kier alpha value is -1.09. The van der Waals surface area contributed by atoms with Crippen LogP contribution in [0.25, 0.3) is 0 Å². The molecule has 0 bridgehead atoms. The van der Waals surface area contributed by atoms with Gasteiger partial charge in [-0.05, 0) is 25.7 Å². The van der Waals surface area contributed by atoms with Crippen molar-refractivity contribution in [1.82, 2.24) is 4.90 Å². The summed E-state index contributed by atoms with van der Waals surface area (Å²) in [6.07, 6.45) is 3.84. The maximum absolute atomic E-state index is 12.1. The van der Waals surface area contributed by atoms with Gasteiger partial charge in [0.1, 0.15) is 0 Å². The summed E-state index contributed by atoms with van der Waals surface area (Å²) in [5, 5.41) is 0. The standard InChI is InChI=1S/C15H25NO2/c1-5-14(12(2)3)7-6-13(4)15(17)16-8-10-18-11-9-16/h5,12H,4,6-11H2,1-3H3/b14-5+. The molecule has 1 heterocycles. The second-order valence-electron chi connectivity index (χ2n) is 5.03. The first-order chi connectivity index (χ1) is 8.56. The van der Waals surface area contributed by atoms with Gasteiger partial charge in [-0.2, -0.15) is 0 Å². The van der Waals surface area contributed by atoms with Crippen molar-refractivity contribution >= 4 is 5.91 Å². The normalized spacial score (nSPS) is 17.1. The van der Waals surface area contributed by atoms with Crippen LogP contribution in [0, 0.1) is 5.92 Å². The Morgan fingerprint density at radius 1 is 1.33 bits per heavy atom. The number of rotatable bonds is 5. The van der Waals surface area contributed by atoms with Gasteiger partial charge in [-0.1, -0.05) is 32.1 Å². The lowest BCUT2D eigenvalue weighted by molar-refractivity contribution is -0.131. The Labute approximate surface area is 110 Å². The lowest BCUT2D eigenvalue weighted by atomic mass is 9.96. The molecule has 102 valence electrons. The van der Waals surface area contributed by atoms with Gasteiger partial charge in [-0.15, -0.1) is 0 Å². The highest BCUT2D eigenvalue weighted by Gasteiger charge is 2.19. The van der Waals surface area contributed by atoms with Crippen molar-refractivity contribution in [3.63, 3.8) is 0 Å². The Kier molecular flexibility index (Phi) is 6.13. The van der Waals surface area contributed by atoms with Gasteiger partial charge in [0.25, 0.3) is 0 Å². The molecule has 0 saturated carbocycles. The lowest BCUT2D eigenvalue weighted by Crippen LogP contribution is -2.41. The molecule has 0 atom stereocenters. The quantitative estimate of drug-likeness (QED) is 0.555. The number of carbonyl (C=O) groups excluding carboxylic acids is 1. The van der Waals surface area contributed by atoms with E-state index >= 15 is 0 Å². The highest BCUT2D eigenvalue weighted by molar-refractivity contribution is 5.92. The van der Waals surface area contributed by atoms with Crippen LogP contribution in [0.5, 0.6) is 0 Å². The Bertz CT molecular complexity index is 325. The summed E-state index contributed by atoms with van der Waals surface area (Å²) < 4.78 is 5.24. The van der Waals surface area contributed by atoms with Crippen LogP contribution in [-0.2, 0) is 9.53 Å². The molecule has 1 aliphatic rings. The van der Waals surface area contributed by atoms with Crippen LogP contribution in [0.4, 0.5) is 0 Å². The third kappa shape index (κ3) is 4.30. The summed E-state index contributed by atoms with van der Waals surface area (Å²) in [7, 11) is 0. The predicted octanol–water partition coefficient (Wildman–Crippen LogP) is 2.78. The van der Waals surface area contributed by atoms with Gasteiger partial charge in [0.2, 0.25) is 5.91 Å². The predicted molar refractivity (Wildman–Crippen MR) is 74.4 cm³/mol. The average molecular weight is 251 g/mol. The second kappa shape index (κ2) is 7.37. The molecule has 0 aliphatic carbocycles. The van der Waals surface area contributed by atoms with Crippen LogP contribution in [0.1, 0.15) is 33.6 Å². The first-order valence-electron chi connectivity index (χ1n) is 6.76. The van der Waals surface area contributed by atoms with Gasteiger partial charge in [-0.3, -0.25) is 4.79 Å². The van der Waals surface area contributed by atoms with Crippen molar-refractivity contribution in [2.24, 2.45) is 5.92 Å². The van der Waals surface area contributed by atoms with Gasteiger partial charge >= 0.3 is 0 Å². The number of nitrogens with zero attached hydrogens (tertiary/aromatic N) is 1. The fourth-order valence-corrected chi connectivity index (χ4v) is 2.16. The number of carbonyl (C=O) groups is 1. The van der Waals surface area contributed by atoms with Gasteiger partial charge in [-0.25, -0.2) is 0 Å². The molecule has 0 aromatic rings. The number of hydrogen-bond donors (Lipinski definition) is 0. The molecular weight excluding hydrogens is 226 g/mol. The molecule has 1 amide bonds. The zero-order valence-electron chi connectivity index (χ0n) is 11.9. The van der Waals surface area contributed by atoms with Crippen LogP contribution in [0.2, 0.25) is 0 Å². The molecule has 0 aromatic carbocycles. The molecule has 0 spiro atoms. The van der Waals surface area contributed by atoms with E-state index in [2.05, 4.69) is 33.4 Å². The van der Waals surface area contributed by atoms with E-state index in [1.54, 1.807) is 0 Å². The summed E-state index contributed by atoms with van der Waals surface area (Å²) in [6.45, 7) is 13.0. The van der Waals surface area contributed by atoms with Crippen LogP contribution < -0.4 is 0 Å². The largest absolute Gasteiger partial charge is 0.378 e. The minimum atomic E-state index is 0.0949. The first-order valence-corrected chi connectivity index (χ1v) is 6.76. The number of ether oxygens (including phenoxy) is 1.